The lowest BCUT2D eigenvalue weighted by atomic mass is 9.93. The summed E-state index contributed by atoms with van der Waals surface area (Å²) in [6, 6.07) is 2.44. The van der Waals surface area contributed by atoms with E-state index in [9.17, 15) is 4.79 Å². The third kappa shape index (κ3) is 3.16. The lowest BCUT2D eigenvalue weighted by molar-refractivity contribution is 0.0853. The van der Waals surface area contributed by atoms with Crippen LogP contribution >= 0.6 is 12.4 Å². The van der Waals surface area contributed by atoms with Gasteiger partial charge in [-0.25, -0.2) is 9.78 Å². The number of ether oxygens (including phenoxy) is 1. The molecule has 2 aliphatic rings. The number of aromatic amines is 1. The molecule has 0 aliphatic carbocycles. The third-order valence-electron chi connectivity index (χ3n) is 4.96. The van der Waals surface area contributed by atoms with Crippen LogP contribution in [0.1, 0.15) is 43.2 Å². The Labute approximate surface area is 141 Å². The molecule has 2 fully saturated rings. The van der Waals surface area contributed by atoms with Crippen molar-refractivity contribution in [3.8, 4) is 0 Å². The summed E-state index contributed by atoms with van der Waals surface area (Å²) in [5.41, 5.74) is 2.87. The zero-order valence-corrected chi connectivity index (χ0v) is 13.9. The van der Waals surface area contributed by atoms with Crippen LogP contribution in [0.3, 0.4) is 0 Å². The molecular formula is C16H23ClN4O2. The molecule has 6 nitrogen and oxygen atoms in total. The number of nitrogens with zero attached hydrogens (tertiary/aromatic N) is 2. The standard InChI is InChI=1S/C16H22N4O2.ClH/c21-16-19-15-14(20(16)13-1-5-17-6-2-13)9-12(10-18-15)11-3-7-22-8-4-11;/h9-11,13,17H,1-8H2,(H,18,19,21);1H. The number of pyridine rings is 1. The number of hydrogen-bond donors (Lipinski definition) is 2. The molecule has 2 saturated heterocycles. The number of H-pyrrole nitrogens is 1. The molecule has 7 heteroatoms. The molecule has 0 spiro atoms. The Bertz CT molecular complexity index is 714. The third-order valence-corrected chi connectivity index (χ3v) is 4.96. The minimum Gasteiger partial charge on any atom is -0.381 e. The molecule has 126 valence electrons. The van der Waals surface area contributed by atoms with E-state index in [0.717, 1.165) is 57.5 Å². The van der Waals surface area contributed by atoms with Gasteiger partial charge < -0.3 is 10.1 Å². The highest BCUT2D eigenvalue weighted by atomic mass is 35.5. The van der Waals surface area contributed by atoms with Crippen molar-refractivity contribution >= 4 is 23.6 Å². The summed E-state index contributed by atoms with van der Waals surface area (Å²) in [4.78, 5) is 19.8. The van der Waals surface area contributed by atoms with Gasteiger partial charge in [-0.05, 0) is 56.3 Å². The van der Waals surface area contributed by atoms with Crippen molar-refractivity contribution in [3.63, 3.8) is 0 Å². The SMILES string of the molecule is Cl.O=c1[nH]c2ncc(C3CCOCC3)cc2n1C1CCNCC1. The molecule has 0 atom stereocenters. The monoisotopic (exact) mass is 338 g/mol. The zero-order chi connectivity index (χ0) is 14.9. The Morgan fingerprint density at radius 1 is 1.17 bits per heavy atom. The second-order valence-electron chi connectivity index (χ2n) is 6.30. The molecule has 2 aromatic rings. The van der Waals surface area contributed by atoms with Gasteiger partial charge in [0.05, 0.1) is 5.52 Å². The summed E-state index contributed by atoms with van der Waals surface area (Å²) in [5, 5.41) is 3.35. The van der Waals surface area contributed by atoms with Crippen molar-refractivity contribution in [2.24, 2.45) is 0 Å². The minimum absolute atomic E-state index is 0. The number of piperidine rings is 1. The molecule has 0 unspecified atom stereocenters. The smallest absolute Gasteiger partial charge is 0.327 e. The van der Waals surface area contributed by atoms with E-state index < -0.39 is 0 Å². The topological polar surface area (TPSA) is 71.9 Å². The van der Waals surface area contributed by atoms with E-state index in [4.69, 9.17) is 4.74 Å². The molecule has 0 bridgehead atoms. The van der Waals surface area contributed by atoms with E-state index in [0.29, 0.717) is 11.6 Å². The first-order valence-corrected chi connectivity index (χ1v) is 8.21. The van der Waals surface area contributed by atoms with Crippen molar-refractivity contribution in [2.45, 2.75) is 37.6 Å². The average Bonchev–Trinajstić information content (AvgIpc) is 2.91. The number of hydrogen-bond acceptors (Lipinski definition) is 4. The van der Waals surface area contributed by atoms with Gasteiger partial charge in [-0.1, -0.05) is 0 Å². The molecule has 2 aliphatic heterocycles. The van der Waals surface area contributed by atoms with E-state index in [2.05, 4.69) is 21.4 Å². The van der Waals surface area contributed by atoms with Crippen LogP contribution in [0.4, 0.5) is 0 Å². The maximum absolute atomic E-state index is 12.4. The Morgan fingerprint density at radius 3 is 2.65 bits per heavy atom. The molecule has 0 saturated carbocycles. The summed E-state index contributed by atoms with van der Waals surface area (Å²) >= 11 is 0. The molecule has 2 N–H and O–H groups in total. The van der Waals surface area contributed by atoms with E-state index in [1.807, 2.05) is 10.8 Å². The Kier molecular flexibility index (Phi) is 5.04. The van der Waals surface area contributed by atoms with E-state index in [1.165, 1.54) is 5.56 Å². The molecular weight excluding hydrogens is 316 g/mol. The fraction of sp³-hybridized carbons (Fsp3) is 0.625. The van der Waals surface area contributed by atoms with Crippen molar-refractivity contribution in [1.29, 1.82) is 0 Å². The fourth-order valence-corrected chi connectivity index (χ4v) is 3.70. The van der Waals surface area contributed by atoms with Crippen LogP contribution in [0.5, 0.6) is 0 Å². The minimum atomic E-state index is -0.0291. The molecule has 2 aromatic heterocycles. The van der Waals surface area contributed by atoms with Crippen LogP contribution in [-0.4, -0.2) is 40.8 Å². The maximum atomic E-state index is 12.4. The van der Waals surface area contributed by atoms with Crippen molar-refractivity contribution in [2.75, 3.05) is 26.3 Å². The number of imidazole rings is 1. The summed E-state index contributed by atoms with van der Waals surface area (Å²) in [6.07, 6.45) is 5.98. The van der Waals surface area contributed by atoms with Crippen molar-refractivity contribution in [1.82, 2.24) is 19.9 Å². The second-order valence-corrected chi connectivity index (χ2v) is 6.30. The molecule has 4 rings (SSSR count). The zero-order valence-electron chi connectivity index (χ0n) is 13.1. The van der Waals surface area contributed by atoms with E-state index >= 15 is 0 Å². The molecule has 0 amide bonds. The second kappa shape index (κ2) is 7.03. The van der Waals surface area contributed by atoms with E-state index in [1.54, 1.807) is 0 Å². The number of halogens is 1. The van der Waals surface area contributed by atoms with Crippen LogP contribution in [0.2, 0.25) is 0 Å². The van der Waals surface area contributed by atoms with Gasteiger partial charge in [-0.2, -0.15) is 0 Å². The first kappa shape index (κ1) is 16.5. The number of rotatable bonds is 2. The predicted octanol–water partition coefficient (Wildman–Crippen LogP) is 1.96. The van der Waals surface area contributed by atoms with Crippen LogP contribution in [-0.2, 0) is 4.74 Å². The van der Waals surface area contributed by atoms with Gasteiger partial charge in [-0.15, -0.1) is 12.4 Å². The summed E-state index contributed by atoms with van der Waals surface area (Å²) in [6.45, 7) is 3.57. The van der Waals surface area contributed by atoms with Gasteiger partial charge in [-0.3, -0.25) is 9.55 Å². The largest absolute Gasteiger partial charge is 0.381 e. The highest BCUT2D eigenvalue weighted by molar-refractivity contribution is 5.85. The molecule has 0 aromatic carbocycles. The Hall–Kier alpha value is -1.37. The van der Waals surface area contributed by atoms with Crippen LogP contribution in [0.15, 0.2) is 17.1 Å². The summed E-state index contributed by atoms with van der Waals surface area (Å²) < 4.78 is 7.37. The molecule has 23 heavy (non-hydrogen) atoms. The van der Waals surface area contributed by atoms with Gasteiger partial charge in [0, 0.05) is 25.5 Å². The van der Waals surface area contributed by atoms with Crippen molar-refractivity contribution < 1.29 is 4.74 Å². The molecule has 4 heterocycles. The van der Waals surface area contributed by atoms with Gasteiger partial charge in [0.1, 0.15) is 0 Å². The molecule has 0 radical (unpaired) electrons. The van der Waals surface area contributed by atoms with Gasteiger partial charge in [0.25, 0.3) is 0 Å². The van der Waals surface area contributed by atoms with Crippen molar-refractivity contribution in [3.05, 3.63) is 28.3 Å². The van der Waals surface area contributed by atoms with Crippen LogP contribution in [0.25, 0.3) is 11.2 Å². The van der Waals surface area contributed by atoms with Gasteiger partial charge in [0.2, 0.25) is 0 Å². The number of aromatic nitrogens is 3. The Balaban J connectivity index is 0.00000156. The van der Waals surface area contributed by atoms with Crippen LogP contribution < -0.4 is 11.0 Å². The lowest BCUT2D eigenvalue weighted by Crippen LogP contribution is -2.33. The average molecular weight is 339 g/mol. The van der Waals surface area contributed by atoms with Gasteiger partial charge >= 0.3 is 5.69 Å². The summed E-state index contributed by atoms with van der Waals surface area (Å²) in [7, 11) is 0. The first-order valence-electron chi connectivity index (χ1n) is 8.21. The lowest BCUT2D eigenvalue weighted by Gasteiger charge is -2.24. The normalized spacial score (nSPS) is 20.5. The number of fused-ring (bicyclic) bond motifs is 1. The highest BCUT2D eigenvalue weighted by Gasteiger charge is 2.22. The summed E-state index contributed by atoms with van der Waals surface area (Å²) in [5.74, 6) is 0.497. The number of nitrogens with one attached hydrogen (secondary N) is 2. The Morgan fingerprint density at radius 2 is 1.91 bits per heavy atom. The van der Waals surface area contributed by atoms with Gasteiger partial charge in [0.15, 0.2) is 5.65 Å². The highest BCUT2D eigenvalue weighted by Crippen LogP contribution is 2.29. The maximum Gasteiger partial charge on any atom is 0.327 e. The first-order chi connectivity index (χ1) is 10.8. The quantitative estimate of drug-likeness (QED) is 0.878. The van der Waals surface area contributed by atoms with E-state index in [-0.39, 0.29) is 24.1 Å². The van der Waals surface area contributed by atoms with Crippen LogP contribution in [0, 0.1) is 0 Å². The predicted molar refractivity (Wildman–Crippen MR) is 91.5 cm³/mol. The fourth-order valence-electron chi connectivity index (χ4n) is 3.70.